The average Bonchev–Trinajstić information content (AvgIpc) is 2.66. The predicted octanol–water partition coefficient (Wildman–Crippen LogP) is -0.515. The summed E-state index contributed by atoms with van der Waals surface area (Å²) in [5.74, 6) is 0.722. The van der Waals surface area contributed by atoms with Crippen molar-refractivity contribution >= 4 is 13.6 Å². The molecule has 6 heteroatoms. The van der Waals surface area contributed by atoms with Crippen LogP contribution in [0.25, 0.3) is 0 Å². The van der Waals surface area contributed by atoms with Gasteiger partial charge in [-0.1, -0.05) is 0 Å². The van der Waals surface area contributed by atoms with E-state index < -0.39 is 11.5 Å². The molecule has 1 heterocycles. The Hall–Kier alpha value is -1.53. The second-order valence-electron chi connectivity index (χ2n) is 4.12. The maximum Gasteiger partial charge on any atom is 0.209 e. The van der Waals surface area contributed by atoms with Gasteiger partial charge in [-0.2, -0.15) is 0 Å². The van der Waals surface area contributed by atoms with E-state index in [2.05, 4.69) is 5.32 Å². The highest BCUT2D eigenvalue weighted by Crippen LogP contribution is 2.35. The molecule has 0 fully saturated rings. The van der Waals surface area contributed by atoms with E-state index >= 15 is 0 Å². The minimum atomic E-state index is -1.58. The van der Waals surface area contributed by atoms with Crippen LogP contribution in [0.1, 0.15) is 17.3 Å². The third kappa shape index (κ3) is 2.14. The zero-order valence-electron chi connectivity index (χ0n) is 9.98. The Morgan fingerprint density at radius 3 is 2.76 bits per heavy atom. The van der Waals surface area contributed by atoms with E-state index in [4.69, 9.17) is 9.47 Å². The molecule has 1 aromatic rings. The Kier molecular flexibility index (Phi) is 2.85. The Bertz CT molecular complexity index is 461. The smallest absolute Gasteiger partial charge is 0.209 e. The standard InChI is InChI=1S/C11H14BNO4/c1-11(15,13-2)9(14)6-3-4-7-8(5-6)17-10(12)16-7/h3-5,10,13,15H,12H2,1-2H3/t10?,11-/m0/s1. The molecular weight excluding hydrogens is 221 g/mol. The van der Waals surface area contributed by atoms with E-state index in [1.54, 1.807) is 26.0 Å². The van der Waals surface area contributed by atoms with Crippen LogP contribution in [-0.2, 0) is 0 Å². The fourth-order valence-corrected chi connectivity index (χ4v) is 1.62. The van der Waals surface area contributed by atoms with E-state index in [-0.39, 0.29) is 6.19 Å². The molecule has 1 aliphatic heterocycles. The zero-order chi connectivity index (χ0) is 12.6. The number of nitrogens with one attached hydrogen (secondary N) is 1. The second kappa shape index (κ2) is 4.05. The van der Waals surface area contributed by atoms with Gasteiger partial charge in [0.15, 0.2) is 23.4 Å². The van der Waals surface area contributed by atoms with Crippen LogP contribution in [0.4, 0.5) is 0 Å². The van der Waals surface area contributed by atoms with Crippen molar-refractivity contribution in [3.63, 3.8) is 0 Å². The van der Waals surface area contributed by atoms with Crippen LogP contribution < -0.4 is 14.8 Å². The van der Waals surface area contributed by atoms with E-state index in [1.165, 1.54) is 14.0 Å². The van der Waals surface area contributed by atoms with Crippen LogP contribution in [0, 0.1) is 0 Å². The molecule has 0 aliphatic carbocycles. The normalized spacial score (nSPS) is 21.0. The number of ketones is 1. The summed E-state index contributed by atoms with van der Waals surface area (Å²) in [6.07, 6.45) is -0.347. The Balaban J connectivity index is 2.31. The van der Waals surface area contributed by atoms with Gasteiger partial charge in [0.05, 0.1) is 0 Å². The highest BCUT2D eigenvalue weighted by Gasteiger charge is 2.30. The van der Waals surface area contributed by atoms with E-state index in [1.807, 2.05) is 0 Å². The molecule has 0 saturated heterocycles. The summed E-state index contributed by atoms with van der Waals surface area (Å²) in [7, 11) is 3.29. The molecule has 90 valence electrons. The first-order valence-electron chi connectivity index (χ1n) is 5.37. The molecule has 1 aromatic carbocycles. The highest BCUT2D eigenvalue weighted by molar-refractivity contribution is 6.10. The molecule has 0 saturated carbocycles. The number of aliphatic hydroxyl groups is 1. The lowest BCUT2D eigenvalue weighted by atomic mass is 10.0. The molecule has 1 aliphatic rings. The van der Waals surface area contributed by atoms with E-state index in [9.17, 15) is 9.90 Å². The third-order valence-electron chi connectivity index (χ3n) is 2.72. The molecule has 0 radical (unpaired) electrons. The number of hydrogen-bond donors (Lipinski definition) is 2. The van der Waals surface area contributed by atoms with Crippen molar-refractivity contribution in [2.75, 3.05) is 7.05 Å². The Labute approximate surface area is 100 Å². The van der Waals surface area contributed by atoms with Crippen LogP contribution in [0.3, 0.4) is 0 Å². The van der Waals surface area contributed by atoms with Crippen LogP contribution in [-0.4, -0.2) is 37.7 Å². The van der Waals surface area contributed by atoms with Gasteiger partial charge >= 0.3 is 0 Å². The van der Waals surface area contributed by atoms with Gasteiger partial charge < -0.3 is 14.6 Å². The summed E-state index contributed by atoms with van der Waals surface area (Å²) in [6.45, 7) is 1.41. The van der Waals surface area contributed by atoms with Crippen molar-refractivity contribution in [3.05, 3.63) is 23.8 Å². The van der Waals surface area contributed by atoms with Gasteiger partial charge in [0.1, 0.15) is 0 Å². The van der Waals surface area contributed by atoms with Gasteiger partial charge in [-0.15, -0.1) is 0 Å². The monoisotopic (exact) mass is 235 g/mol. The van der Waals surface area contributed by atoms with Gasteiger partial charge in [-0.3, -0.25) is 10.1 Å². The van der Waals surface area contributed by atoms with Gasteiger partial charge in [-0.05, 0) is 32.2 Å². The number of carbonyl (C=O) groups is 1. The first-order chi connectivity index (χ1) is 7.94. The largest absolute Gasteiger partial charge is 0.460 e. The number of fused-ring (bicyclic) bond motifs is 1. The fourth-order valence-electron chi connectivity index (χ4n) is 1.62. The minimum Gasteiger partial charge on any atom is -0.460 e. The molecule has 1 unspecified atom stereocenters. The van der Waals surface area contributed by atoms with Gasteiger partial charge in [-0.25, -0.2) is 0 Å². The quantitative estimate of drug-likeness (QED) is 0.419. The number of benzene rings is 1. The van der Waals surface area contributed by atoms with Gasteiger partial charge in [0.2, 0.25) is 13.6 Å². The van der Waals surface area contributed by atoms with E-state index in [0.29, 0.717) is 17.1 Å². The maximum atomic E-state index is 12.0. The Morgan fingerprint density at radius 2 is 2.12 bits per heavy atom. The first-order valence-corrected chi connectivity index (χ1v) is 5.37. The lowest BCUT2D eigenvalue weighted by Gasteiger charge is -2.20. The molecule has 2 atom stereocenters. The number of Topliss-reactive ketones (excluding diaryl/α,β-unsaturated/α-hetero) is 1. The lowest BCUT2D eigenvalue weighted by Crippen LogP contribution is -2.47. The van der Waals surface area contributed by atoms with Crippen LogP contribution in [0.15, 0.2) is 18.2 Å². The number of rotatable bonds is 3. The molecule has 0 amide bonds. The van der Waals surface area contributed by atoms with Crippen LogP contribution in [0.2, 0.25) is 0 Å². The molecular formula is C11H14BNO4. The van der Waals surface area contributed by atoms with Crippen molar-refractivity contribution in [3.8, 4) is 11.5 Å². The summed E-state index contributed by atoms with van der Waals surface area (Å²) in [5.41, 5.74) is -1.21. The fraction of sp³-hybridized carbons (Fsp3) is 0.364. The number of likely N-dealkylation sites (N-methyl/N-ethyl adjacent to an activating group) is 1. The summed E-state index contributed by atoms with van der Waals surface area (Å²) in [6, 6.07) is 4.85. The Morgan fingerprint density at radius 1 is 1.47 bits per heavy atom. The first kappa shape index (κ1) is 11.9. The van der Waals surface area contributed by atoms with Crippen molar-refractivity contribution in [2.45, 2.75) is 18.8 Å². The second-order valence-corrected chi connectivity index (χ2v) is 4.12. The van der Waals surface area contributed by atoms with Gasteiger partial charge in [0, 0.05) is 5.56 Å². The number of carbonyl (C=O) groups excluding carboxylic acids is 1. The van der Waals surface area contributed by atoms with Crippen LogP contribution >= 0.6 is 0 Å². The summed E-state index contributed by atoms with van der Waals surface area (Å²) in [4.78, 5) is 12.0. The van der Waals surface area contributed by atoms with E-state index in [0.717, 1.165) is 0 Å². The molecule has 2 rings (SSSR count). The summed E-state index contributed by atoms with van der Waals surface area (Å²) < 4.78 is 10.7. The third-order valence-corrected chi connectivity index (χ3v) is 2.72. The lowest BCUT2D eigenvalue weighted by molar-refractivity contribution is 0.0276. The predicted molar refractivity (Wildman–Crippen MR) is 64.0 cm³/mol. The van der Waals surface area contributed by atoms with Crippen molar-refractivity contribution < 1.29 is 19.4 Å². The number of hydrogen-bond acceptors (Lipinski definition) is 5. The SMILES string of the molecule is BC1Oc2ccc(C(=O)[C@](C)(O)NC)cc2O1. The highest BCUT2D eigenvalue weighted by atomic mass is 16.7. The topological polar surface area (TPSA) is 67.8 Å². The summed E-state index contributed by atoms with van der Waals surface area (Å²) in [5, 5.41) is 12.4. The molecule has 0 spiro atoms. The number of ether oxygens (including phenoxy) is 2. The zero-order valence-corrected chi connectivity index (χ0v) is 9.98. The molecule has 0 aromatic heterocycles. The minimum absolute atomic E-state index is 0.347. The average molecular weight is 235 g/mol. The molecule has 0 bridgehead atoms. The maximum absolute atomic E-state index is 12.0. The molecule has 5 nitrogen and oxygen atoms in total. The van der Waals surface area contributed by atoms with Crippen molar-refractivity contribution in [1.82, 2.24) is 5.32 Å². The van der Waals surface area contributed by atoms with Crippen LogP contribution in [0.5, 0.6) is 11.5 Å². The molecule has 2 N–H and O–H groups in total. The molecule has 17 heavy (non-hydrogen) atoms. The van der Waals surface area contributed by atoms with Gasteiger partial charge in [0.25, 0.3) is 0 Å². The van der Waals surface area contributed by atoms with Crippen molar-refractivity contribution in [1.29, 1.82) is 0 Å². The van der Waals surface area contributed by atoms with Crippen molar-refractivity contribution in [2.24, 2.45) is 0 Å². The summed E-state index contributed by atoms with van der Waals surface area (Å²) >= 11 is 0.